The molecule has 3 amide bonds. The van der Waals surface area contributed by atoms with Crippen LogP contribution in [0.5, 0.6) is 0 Å². The van der Waals surface area contributed by atoms with Gasteiger partial charge in [-0.15, -0.1) is 11.8 Å². The van der Waals surface area contributed by atoms with Gasteiger partial charge in [0.1, 0.15) is 5.82 Å². The van der Waals surface area contributed by atoms with Gasteiger partial charge in [-0.2, -0.15) is 0 Å². The first-order valence-electron chi connectivity index (χ1n) is 8.86. The Kier molecular flexibility index (Phi) is 6.65. The number of hydrogen-bond acceptors (Lipinski definition) is 4. The predicted molar refractivity (Wildman–Crippen MR) is 104 cm³/mol. The van der Waals surface area contributed by atoms with Crippen molar-refractivity contribution in [1.29, 1.82) is 0 Å². The zero-order chi connectivity index (χ0) is 19.9. The standard InChI is InChI=1S/C20H20FN3O3S/c21-16-7-1-2-8-17(16)28-13-18(25)22-23-20(27)15-6-3-5-14(11-15)12-24-10-4-9-19(24)26/h1-3,5-8,11H,4,9-10,12-13H2,(H,22,25)(H,23,27). The lowest BCUT2D eigenvalue weighted by molar-refractivity contribution is -0.128. The van der Waals surface area contributed by atoms with Crippen LogP contribution in [0.15, 0.2) is 53.4 Å². The molecule has 6 nitrogen and oxygen atoms in total. The molecule has 3 rings (SSSR count). The molecule has 0 saturated carbocycles. The van der Waals surface area contributed by atoms with Gasteiger partial charge in [0.2, 0.25) is 11.8 Å². The van der Waals surface area contributed by atoms with E-state index in [0.717, 1.165) is 30.3 Å². The summed E-state index contributed by atoms with van der Waals surface area (Å²) in [5.41, 5.74) is 5.91. The molecule has 1 fully saturated rings. The fourth-order valence-corrected chi connectivity index (χ4v) is 3.58. The lowest BCUT2D eigenvalue weighted by Gasteiger charge is -2.16. The molecule has 0 atom stereocenters. The Bertz CT molecular complexity index is 891. The van der Waals surface area contributed by atoms with Crippen molar-refractivity contribution in [2.75, 3.05) is 12.3 Å². The van der Waals surface area contributed by atoms with E-state index in [-0.39, 0.29) is 11.7 Å². The minimum Gasteiger partial charge on any atom is -0.338 e. The second-order valence-electron chi connectivity index (χ2n) is 6.34. The van der Waals surface area contributed by atoms with Crippen LogP contribution in [0.1, 0.15) is 28.8 Å². The van der Waals surface area contributed by atoms with Crippen molar-refractivity contribution in [3.05, 3.63) is 65.5 Å². The average molecular weight is 401 g/mol. The molecule has 0 aromatic heterocycles. The highest BCUT2D eigenvalue weighted by molar-refractivity contribution is 8.00. The molecule has 2 aromatic rings. The summed E-state index contributed by atoms with van der Waals surface area (Å²) < 4.78 is 13.5. The number of hydrogen-bond donors (Lipinski definition) is 2. The van der Waals surface area contributed by atoms with Gasteiger partial charge < -0.3 is 4.90 Å². The monoisotopic (exact) mass is 401 g/mol. The maximum Gasteiger partial charge on any atom is 0.269 e. The maximum atomic E-state index is 13.5. The third-order valence-electron chi connectivity index (χ3n) is 4.24. The number of thioether (sulfide) groups is 1. The quantitative estimate of drug-likeness (QED) is 0.576. The number of amides is 3. The molecule has 0 aliphatic carbocycles. The van der Waals surface area contributed by atoms with E-state index in [1.54, 1.807) is 41.3 Å². The van der Waals surface area contributed by atoms with E-state index in [4.69, 9.17) is 0 Å². The van der Waals surface area contributed by atoms with Gasteiger partial charge in [0.15, 0.2) is 0 Å². The molecule has 1 saturated heterocycles. The molecule has 2 N–H and O–H groups in total. The van der Waals surface area contributed by atoms with Gasteiger partial charge in [-0.05, 0) is 36.2 Å². The van der Waals surface area contributed by atoms with E-state index < -0.39 is 17.6 Å². The molecule has 2 aromatic carbocycles. The van der Waals surface area contributed by atoms with Crippen molar-refractivity contribution in [1.82, 2.24) is 15.8 Å². The number of benzene rings is 2. The molecule has 0 bridgehead atoms. The molecule has 1 aliphatic heterocycles. The molecule has 8 heteroatoms. The van der Waals surface area contributed by atoms with E-state index in [0.29, 0.717) is 23.4 Å². The highest BCUT2D eigenvalue weighted by atomic mass is 32.2. The number of hydrazine groups is 1. The van der Waals surface area contributed by atoms with Crippen LogP contribution in [0.4, 0.5) is 4.39 Å². The lowest BCUT2D eigenvalue weighted by atomic mass is 10.1. The third kappa shape index (κ3) is 5.32. The van der Waals surface area contributed by atoms with Gasteiger partial charge in [0.05, 0.1) is 5.75 Å². The highest BCUT2D eigenvalue weighted by Gasteiger charge is 2.20. The summed E-state index contributed by atoms with van der Waals surface area (Å²) in [7, 11) is 0. The Labute approximate surface area is 166 Å². The van der Waals surface area contributed by atoms with Gasteiger partial charge in [-0.3, -0.25) is 25.2 Å². The normalized spacial score (nSPS) is 13.5. The summed E-state index contributed by atoms with van der Waals surface area (Å²) in [5, 5.41) is 0. The first kappa shape index (κ1) is 19.9. The van der Waals surface area contributed by atoms with Crippen molar-refractivity contribution in [3.8, 4) is 0 Å². The summed E-state index contributed by atoms with van der Waals surface area (Å²) in [6.07, 6.45) is 1.42. The van der Waals surface area contributed by atoms with Crippen molar-refractivity contribution >= 4 is 29.5 Å². The molecular weight excluding hydrogens is 381 g/mol. The van der Waals surface area contributed by atoms with Crippen LogP contribution in [-0.4, -0.2) is 34.9 Å². The van der Waals surface area contributed by atoms with E-state index in [9.17, 15) is 18.8 Å². The number of halogens is 1. The average Bonchev–Trinajstić information content (AvgIpc) is 3.10. The number of likely N-dealkylation sites (tertiary alicyclic amines) is 1. The van der Waals surface area contributed by atoms with Crippen molar-refractivity contribution in [2.24, 2.45) is 0 Å². The topological polar surface area (TPSA) is 78.5 Å². The van der Waals surface area contributed by atoms with Crippen molar-refractivity contribution in [3.63, 3.8) is 0 Å². The molecule has 1 heterocycles. The highest BCUT2D eigenvalue weighted by Crippen LogP contribution is 2.20. The number of rotatable bonds is 6. The summed E-state index contributed by atoms with van der Waals surface area (Å²) >= 11 is 1.05. The lowest BCUT2D eigenvalue weighted by Crippen LogP contribution is -2.42. The van der Waals surface area contributed by atoms with E-state index in [2.05, 4.69) is 10.9 Å². The van der Waals surface area contributed by atoms with Gasteiger partial charge in [-0.25, -0.2) is 4.39 Å². The summed E-state index contributed by atoms with van der Waals surface area (Å²) in [6, 6.07) is 13.1. The molecule has 1 aliphatic rings. The number of nitrogens with zero attached hydrogens (tertiary/aromatic N) is 1. The van der Waals surface area contributed by atoms with Gasteiger partial charge in [-0.1, -0.05) is 24.3 Å². The van der Waals surface area contributed by atoms with Crippen LogP contribution in [-0.2, 0) is 16.1 Å². The van der Waals surface area contributed by atoms with E-state index in [1.807, 2.05) is 6.07 Å². The summed E-state index contributed by atoms with van der Waals surface area (Å²) in [4.78, 5) is 38.0. The second kappa shape index (κ2) is 9.36. The summed E-state index contributed by atoms with van der Waals surface area (Å²) in [6.45, 7) is 1.19. The number of carbonyl (C=O) groups is 3. The minimum absolute atomic E-state index is 0.0294. The second-order valence-corrected chi connectivity index (χ2v) is 7.36. The Balaban J connectivity index is 1.49. The minimum atomic E-state index is -0.459. The van der Waals surface area contributed by atoms with E-state index >= 15 is 0 Å². The Morgan fingerprint density at radius 1 is 1.11 bits per heavy atom. The molecule has 146 valence electrons. The Hall–Kier alpha value is -2.87. The zero-order valence-electron chi connectivity index (χ0n) is 15.1. The zero-order valence-corrected chi connectivity index (χ0v) is 15.9. The largest absolute Gasteiger partial charge is 0.338 e. The molecule has 0 unspecified atom stereocenters. The Morgan fingerprint density at radius 3 is 2.68 bits per heavy atom. The fraction of sp³-hybridized carbons (Fsp3) is 0.250. The first-order valence-corrected chi connectivity index (χ1v) is 9.85. The van der Waals surface area contributed by atoms with Crippen LogP contribution in [0.2, 0.25) is 0 Å². The van der Waals surface area contributed by atoms with Gasteiger partial charge >= 0.3 is 0 Å². The van der Waals surface area contributed by atoms with Gasteiger partial charge in [0, 0.05) is 30.0 Å². The van der Waals surface area contributed by atoms with Crippen LogP contribution in [0.3, 0.4) is 0 Å². The van der Waals surface area contributed by atoms with Crippen LogP contribution in [0, 0.1) is 5.82 Å². The number of carbonyl (C=O) groups excluding carboxylic acids is 3. The van der Waals surface area contributed by atoms with Crippen molar-refractivity contribution < 1.29 is 18.8 Å². The molecule has 0 radical (unpaired) electrons. The predicted octanol–water partition coefficient (Wildman–Crippen LogP) is 2.50. The smallest absolute Gasteiger partial charge is 0.269 e. The third-order valence-corrected chi connectivity index (χ3v) is 5.29. The van der Waals surface area contributed by atoms with Crippen molar-refractivity contribution in [2.45, 2.75) is 24.3 Å². The van der Waals surface area contributed by atoms with Crippen LogP contribution < -0.4 is 10.9 Å². The SMILES string of the molecule is O=C(CSc1ccccc1F)NNC(=O)c1cccc(CN2CCCC2=O)c1. The van der Waals surface area contributed by atoms with Crippen LogP contribution >= 0.6 is 11.8 Å². The van der Waals surface area contributed by atoms with Gasteiger partial charge in [0.25, 0.3) is 5.91 Å². The molecule has 0 spiro atoms. The molecule has 28 heavy (non-hydrogen) atoms. The summed E-state index contributed by atoms with van der Waals surface area (Å²) in [5.74, 6) is -1.20. The Morgan fingerprint density at radius 2 is 1.93 bits per heavy atom. The fourth-order valence-electron chi connectivity index (χ4n) is 2.84. The number of nitrogens with one attached hydrogen (secondary N) is 2. The van der Waals surface area contributed by atoms with E-state index in [1.165, 1.54) is 6.07 Å². The first-order chi connectivity index (χ1) is 13.5. The van der Waals surface area contributed by atoms with Crippen LogP contribution in [0.25, 0.3) is 0 Å². The molecular formula is C20H20FN3O3S. The maximum absolute atomic E-state index is 13.5.